The average molecular weight is 219 g/mol. The maximum Gasteiger partial charge on any atom is 0.236 e. The van der Waals surface area contributed by atoms with Crippen LogP contribution in [0.3, 0.4) is 0 Å². The lowest BCUT2D eigenvalue weighted by atomic mass is 10.2. The fraction of sp³-hybridized carbons (Fsp3) is 0.500. The van der Waals surface area contributed by atoms with Crippen LogP contribution in [0.25, 0.3) is 0 Å². The Balaban J connectivity index is 1.77. The summed E-state index contributed by atoms with van der Waals surface area (Å²) in [7, 11) is 1.83. The van der Waals surface area contributed by atoms with Crippen LogP contribution in [0.15, 0.2) is 24.5 Å². The third-order valence-electron chi connectivity index (χ3n) is 2.71. The van der Waals surface area contributed by atoms with Gasteiger partial charge >= 0.3 is 0 Å². The number of rotatable bonds is 5. The van der Waals surface area contributed by atoms with Crippen molar-refractivity contribution < 1.29 is 4.79 Å². The Morgan fingerprint density at radius 1 is 1.50 bits per heavy atom. The SMILES string of the molecule is CN(Cc1ccncc1)C(=O)CNC1CC1. The van der Waals surface area contributed by atoms with Gasteiger partial charge in [0.1, 0.15) is 0 Å². The highest BCUT2D eigenvalue weighted by Crippen LogP contribution is 2.18. The number of carbonyl (C=O) groups is 1. The number of nitrogens with zero attached hydrogens (tertiary/aromatic N) is 2. The molecule has 1 aromatic heterocycles. The van der Waals surface area contributed by atoms with Gasteiger partial charge in [-0.3, -0.25) is 9.78 Å². The lowest BCUT2D eigenvalue weighted by Gasteiger charge is -2.17. The van der Waals surface area contributed by atoms with E-state index in [0.717, 1.165) is 5.56 Å². The van der Waals surface area contributed by atoms with Gasteiger partial charge in [-0.25, -0.2) is 0 Å². The molecule has 2 rings (SSSR count). The van der Waals surface area contributed by atoms with Gasteiger partial charge in [0.05, 0.1) is 6.54 Å². The molecule has 0 radical (unpaired) electrons. The highest BCUT2D eigenvalue weighted by atomic mass is 16.2. The van der Waals surface area contributed by atoms with Crippen LogP contribution in [0, 0.1) is 0 Å². The zero-order valence-corrected chi connectivity index (χ0v) is 9.52. The Labute approximate surface area is 95.7 Å². The van der Waals surface area contributed by atoms with E-state index in [0.29, 0.717) is 19.1 Å². The molecule has 1 aliphatic carbocycles. The van der Waals surface area contributed by atoms with E-state index >= 15 is 0 Å². The molecule has 1 N–H and O–H groups in total. The molecule has 1 aromatic rings. The highest BCUT2D eigenvalue weighted by Gasteiger charge is 2.21. The summed E-state index contributed by atoms with van der Waals surface area (Å²) in [6, 6.07) is 4.44. The molecule has 0 unspecified atom stereocenters. The first kappa shape index (κ1) is 11.1. The number of carbonyl (C=O) groups excluding carboxylic acids is 1. The molecule has 4 nitrogen and oxygen atoms in total. The van der Waals surface area contributed by atoms with E-state index in [1.165, 1.54) is 12.8 Å². The molecular weight excluding hydrogens is 202 g/mol. The summed E-state index contributed by atoms with van der Waals surface area (Å²) >= 11 is 0. The number of likely N-dealkylation sites (N-methyl/N-ethyl adjacent to an activating group) is 1. The van der Waals surface area contributed by atoms with Crippen LogP contribution in [0.4, 0.5) is 0 Å². The molecule has 0 aromatic carbocycles. The van der Waals surface area contributed by atoms with Crippen LogP contribution in [0.2, 0.25) is 0 Å². The maximum absolute atomic E-state index is 11.7. The lowest BCUT2D eigenvalue weighted by Crippen LogP contribution is -2.35. The summed E-state index contributed by atoms with van der Waals surface area (Å²) in [6.07, 6.45) is 5.91. The minimum atomic E-state index is 0.142. The molecule has 1 saturated carbocycles. The van der Waals surface area contributed by atoms with E-state index in [9.17, 15) is 4.79 Å². The number of hydrogen-bond acceptors (Lipinski definition) is 3. The summed E-state index contributed by atoms with van der Waals surface area (Å²) in [5.41, 5.74) is 1.11. The van der Waals surface area contributed by atoms with Gasteiger partial charge in [0.25, 0.3) is 0 Å². The minimum Gasteiger partial charge on any atom is -0.340 e. The van der Waals surface area contributed by atoms with Crippen molar-refractivity contribution in [2.75, 3.05) is 13.6 Å². The Kier molecular flexibility index (Phi) is 3.51. The normalized spacial score (nSPS) is 14.8. The summed E-state index contributed by atoms with van der Waals surface area (Å²) in [5.74, 6) is 0.142. The zero-order chi connectivity index (χ0) is 11.4. The van der Waals surface area contributed by atoms with Gasteiger partial charge in [0.15, 0.2) is 0 Å². The summed E-state index contributed by atoms with van der Waals surface area (Å²) in [6.45, 7) is 1.10. The second kappa shape index (κ2) is 5.07. The van der Waals surface area contributed by atoms with Crippen molar-refractivity contribution in [3.8, 4) is 0 Å². The molecule has 1 aliphatic rings. The fourth-order valence-electron chi connectivity index (χ4n) is 1.50. The topological polar surface area (TPSA) is 45.2 Å². The van der Waals surface area contributed by atoms with Crippen molar-refractivity contribution in [3.05, 3.63) is 30.1 Å². The van der Waals surface area contributed by atoms with Gasteiger partial charge in [-0.2, -0.15) is 0 Å². The van der Waals surface area contributed by atoms with E-state index in [2.05, 4.69) is 10.3 Å². The van der Waals surface area contributed by atoms with Gasteiger partial charge < -0.3 is 10.2 Å². The number of hydrogen-bond donors (Lipinski definition) is 1. The maximum atomic E-state index is 11.7. The van der Waals surface area contributed by atoms with Crippen LogP contribution < -0.4 is 5.32 Å². The predicted molar refractivity (Wildman–Crippen MR) is 61.7 cm³/mol. The minimum absolute atomic E-state index is 0.142. The lowest BCUT2D eigenvalue weighted by molar-refractivity contribution is -0.129. The van der Waals surface area contributed by atoms with Crippen molar-refractivity contribution >= 4 is 5.91 Å². The van der Waals surface area contributed by atoms with Crippen LogP contribution >= 0.6 is 0 Å². The van der Waals surface area contributed by atoms with Gasteiger partial charge in [0.2, 0.25) is 5.91 Å². The monoisotopic (exact) mass is 219 g/mol. The number of pyridine rings is 1. The first-order chi connectivity index (χ1) is 7.75. The predicted octanol–water partition coefficient (Wildman–Crippen LogP) is 0.792. The Bertz CT molecular complexity index is 349. The summed E-state index contributed by atoms with van der Waals surface area (Å²) < 4.78 is 0. The smallest absolute Gasteiger partial charge is 0.236 e. The van der Waals surface area contributed by atoms with Crippen LogP contribution in [0.5, 0.6) is 0 Å². The van der Waals surface area contributed by atoms with Crippen LogP contribution in [0.1, 0.15) is 18.4 Å². The molecule has 1 fully saturated rings. The van der Waals surface area contributed by atoms with Crippen molar-refractivity contribution in [3.63, 3.8) is 0 Å². The second-order valence-corrected chi connectivity index (χ2v) is 4.26. The molecule has 0 spiro atoms. The molecule has 1 amide bonds. The van der Waals surface area contributed by atoms with E-state index in [4.69, 9.17) is 0 Å². The Morgan fingerprint density at radius 2 is 2.19 bits per heavy atom. The molecular formula is C12H17N3O. The van der Waals surface area contributed by atoms with Crippen molar-refractivity contribution in [1.29, 1.82) is 0 Å². The molecule has 0 saturated heterocycles. The molecule has 4 heteroatoms. The first-order valence-electron chi connectivity index (χ1n) is 5.62. The Hall–Kier alpha value is -1.42. The Morgan fingerprint density at radius 3 is 2.81 bits per heavy atom. The van der Waals surface area contributed by atoms with Crippen molar-refractivity contribution in [2.45, 2.75) is 25.4 Å². The van der Waals surface area contributed by atoms with E-state index in [-0.39, 0.29) is 5.91 Å². The standard InChI is InChI=1S/C12H17N3O/c1-15(9-10-4-6-13-7-5-10)12(16)8-14-11-2-3-11/h4-7,11,14H,2-3,8-9H2,1H3. The molecule has 16 heavy (non-hydrogen) atoms. The molecule has 0 atom stereocenters. The van der Waals surface area contributed by atoms with E-state index < -0.39 is 0 Å². The third-order valence-corrected chi connectivity index (χ3v) is 2.71. The molecule has 1 heterocycles. The van der Waals surface area contributed by atoms with E-state index in [1.54, 1.807) is 17.3 Å². The summed E-state index contributed by atoms with van der Waals surface area (Å²) in [4.78, 5) is 17.4. The number of amides is 1. The van der Waals surface area contributed by atoms with Gasteiger partial charge in [-0.1, -0.05) is 0 Å². The van der Waals surface area contributed by atoms with Crippen molar-refractivity contribution in [2.24, 2.45) is 0 Å². The van der Waals surface area contributed by atoms with Crippen LogP contribution in [-0.2, 0) is 11.3 Å². The molecule has 86 valence electrons. The second-order valence-electron chi connectivity index (χ2n) is 4.26. The average Bonchev–Trinajstić information content (AvgIpc) is 3.11. The van der Waals surface area contributed by atoms with Crippen LogP contribution in [-0.4, -0.2) is 35.4 Å². The number of nitrogens with one attached hydrogen (secondary N) is 1. The largest absolute Gasteiger partial charge is 0.340 e. The quantitative estimate of drug-likeness (QED) is 0.796. The highest BCUT2D eigenvalue weighted by molar-refractivity contribution is 5.78. The summed E-state index contributed by atoms with van der Waals surface area (Å²) in [5, 5.41) is 3.22. The van der Waals surface area contributed by atoms with Gasteiger partial charge in [-0.05, 0) is 30.5 Å². The molecule has 0 aliphatic heterocycles. The molecule has 0 bridgehead atoms. The van der Waals surface area contributed by atoms with Crippen molar-refractivity contribution in [1.82, 2.24) is 15.2 Å². The van der Waals surface area contributed by atoms with Gasteiger partial charge in [-0.15, -0.1) is 0 Å². The zero-order valence-electron chi connectivity index (χ0n) is 9.52. The van der Waals surface area contributed by atoms with Gasteiger partial charge in [0, 0.05) is 32.0 Å². The van der Waals surface area contributed by atoms with E-state index in [1.807, 2.05) is 19.2 Å². The number of aromatic nitrogens is 1. The third kappa shape index (κ3) is 3.31. The fourth-order valence-corrected chi connectivity index (χ4v) is 1.50. The first-order valence-corrected chi connectivity index (χ1v) is 5.62.